The summed E-state index contributed by atoms with van der Waals surface area (Å²) in [7, 11) is -2.31. The number of aryl methyl sites for hydroxylation is 2. The first-order chi connectivity index (χ1) is 19.6. The number of hydrogen-bond donors (Lipinski definition) is 2. The average molecular weight is 591 g/mol. The molecule has 3 heterocycles. The van der Waals surface area contributed by atoms with Crippen LogP contribution in [0.25, 0.3) is 22.4 Å². The molecular formula is C29H40F2N6O3S. The van der Waals surface area contributed by atoms with Gasteiger partial charge in [0.15, 0.2) is 11.5 Å². The van der Waals surface area contributed by atoms with E-state index in [1.165, 1.54) is 24.3 Å². The second-order valence-corrected chi connectivity index (χ2v) is 11.5. The van der Waals surface area contributed by atoms with Crippen molar-refractivity contribution in [2.75, 3.05) is 24.9 Å². The Kier molecular flexibility index (Phi) is 9.54. The first-order valence-corrected chi connectivity index (χ1v) is 15.3. The van der Waals surface area contributed by atoms with Crippen LogP contribution in [0.15, 0.2) is 41.3 Å². The molecule has 0 atom stereocenters. The number of aromatic nitrogens is 4. The summed E-state index contributed by atoms with van der Waals surface area (Å²) in [6.45, 7) is 9.60. The fraction of sp³-hybridized carbons (Fsp3) is 0.414. The minimum absolute atomic E-state index is 0. The van der Waals surface area contributed by atoms with Gasteiger partial charge in [-0.25, -0.2) is 22.2 Å². The van der Waals surface area contributed by atoms with Crippen LogP contribution in [0.1, 0.15) is 54.1 Å². The van der Waals surface area contributed by atoms with Crippen molar-refractivity contribution in [1.82, 2.24) is 25.1 Å². The van der Waals surface area contributed by atoms with Crippen LogP contribution in [0.2, 0.25) is 0 Å². The second-order valence-electron chi connectivity index (χ2n) is 9.83. The number of ether oxygens (including phenoxy) is 1. The molecule has 4 aromatic rings. The standard InChI is InChI=1S/C27H30F2N6O3S.C2H6.2H2/c1-4-5-17-6-8-20(28)23(14-17)39(36,37)34-22-9-7-18(15-21(22)29)25-30-26-24(16(2)32-33-26)27(31-25)38-19-10-12-35(3)13-11-19;1-2;;/h6-9,14-15,19,34H,4-5,10-13H2,1-3H3,(H,30,31,32,33);1-2H3;2*1H. The van der Waals surface area contributed by atoms with Gasteiger partial charge in [-0.05, 0) is 69.1 Å². The third kappa shape index (κ3) is 6.82. The highest BCUT2D eigenvalue weighted by Crippen LogP contribution is 2.31. The summed E-state index contributed by atoms with van der Waals surface area (Å²) in [6, 6.07) is 7.79. The number of nitrogens with zero attached hydrogens (tertiary/aromatic N) is 4. The van der Waals surface area contributed by atoms with E-state index < -0.39 is 26.6 Å². The van der Waals surface area contributed by atoms with Gasteiger partial charge in [0.05, 0.1) is 5.69 Å². The van der Waals surface area contributed by atoms with E-state index in [-0.39, 0.29) is 20.5 Å². The molecule has 0 saturated carbocycles. The molecule has 1 fully saturated rings. The Labute approximate surface area is 242 Å². The number of anilines is 1. The molecule has 1 aliphatic rings. The van der Waals surface area contributed by atoms with Crippen molar-refractivity contribution in [3.8, 4) is 17.3 Å². The molecule has 5 rings (SSSR count). The van der Waals surface area contributed by atoms with Gasteiger partial charge in [-0.15, -0.1) is 0 Å². The lowest BCUT2D eigenvalue weighted by Crippen LogP contribution is -2.35. The number of H-pyrrole nitrogens is 1. The van der Waals surface area contributed by atoms with Gasteiger partial charge >= 0.3 is 0 Å². The zero-order valence-corrected chi connectivity index (χ0v) is 24.8. The number of piperidine rings is 1. The molecule has 2 aromatic heterocycles. The molecular weight excluding hydrogens is 550 g/mol. The number of fused-ring (bicyclic) bond motifs is 1. The van der Waals surface area contributed by atoms with E-state index in [9.17, 15) is 12.8 Å². The van der Waals surface area contributed by atoms with Crippen LogP contribution >= 0.6 is 0 Å². The van der Waals surface area contributed by atoms with Crippen LogP contribution in [0.5, 0.6) is 5.88 Å². The fourth-order valence-electron chi connectivity index (χ4n) is 4.64. The molecule has 0 spiro atoms. The monoisotopic (exact) mass is 590 g/mol. The Morgan fingerprint density at radius 1 is 1.10 bits per heavy atom. The van der Waals surface area contributed by atoms with Gasteiger partial charge in [0.1, 0.15) is 28.0 Å². The van der Waals surface area contributed by atoms with Crippen LogP contribution in [-0.4, -0.2) is 59.7 Å². The zero-order chi connectivity index (χ0) is 29.7. The summed E-state index contributed by atoms with van der Waals surface area (Å²) in [6.07, 6.45) is 3.03. The maximum absolute atomic E-state index is 15.2. The number of rotatable bonds is 8. The van der Waals surface area contributed by atoms with Crippen LogP contribution in [0.4, 0.5) is 14.5 Å². The number of aromatic amines is 1. The summed E-state index contributed by atoms with van der Waals surface area (Å²) in [4.78, 5) is 10.8. The van der Waals surface area contributed by atoms with Crippen LogP contribution in [-0.2, 0) is 16.4 Å². The predicted molar refractivity (Wildman–Crippen MR) is 160 cm³/mol. The Balaban J connectivity index is 0.00000158. The summed E-state index contributed by atoms with van der Waals surface area (Å²) < 4.78 is 63.8. The lowest BCUT2D eigenvalue weighted by molar-refractivity contribution is 0.111. The third-order valence-corrected chi connectivity index (χ3v) is 8.18. The lowest BCUT2D eigenvalue weighted by atomic mass is 10.1. The quantitative estimate of drug-likeness (QED) is 0.246. The Morgan fingerprint density at radius 3 is 2.51 bits per heavy atom. The zero-order valence-electron chi connectivity index (χ0n) is 24.0. The van der Waals surface area contributed by atoms with Crippen molar-refractivity contribution in [2.24, 2.45) is 0 Å². The van der Waals surface area contributed by atoms with E-state index >= 15 is 4.39 Å². The van der Waals surface area contributed by atoms with Crippen molar-refractivity contribution >= 4 is 26.7 Å². The maximum Gasteiger partial charge on any atom is 0.264 e. The molecule has 224 valence electrons. The largest absolute Gasteiger partial charge is 0.474 e. The van der Waals surface area contributed by atoms with E-state index in [4.69, 9.17) is 4.74 Å². The van der Waals surface area contributed by atoms with Gasteiger partial charge in [0, 0.05) is 27.2 Å². The molecule has 0 radical (unpaired) electrons. The van der Waals surface area contributed by atoms with Gasteiger partial charge in [-0.1, -0.05) is 33.3 Å². The molecule has 41 heavy (non-hydrogen) atoms. The normalized spacial score (nSPS) is 14.5. The van der Waals surface area contributed by atoms with Gasteiger partial charge in [-0.3, -0.25) is 9.82 Å². The maximum atomic E-state index is 15.2. The molecule has 1 aliphatic heterocycles. The lowest BCUT2D eigenvalue weighted by Gasteiger charge is -2.29. The van der Waals surface area contributed by atoms with E-state index in [0.717, 1.165) is 50.2 Å². The summed E-state index contributed by atoms with van der Waals surface area (Å²) in [5, 5.41) is 7.79. The van der Waals surface area contributed by atoms with E-state index in [2.05, 4.69) is 36.8 Å². The molecule has 1 saturated heterocycles. The summed E-state index contributed by atoms with van der Waals surface area (Å²) >= 11 is 0. The average Bonchev–Trinajstić information content (AvgIpc) is 3.34. The molecule has 9 nitrogen and oxygen atoms in total. The van der Waals surface area contributed by atoms with Gasteiger partial charge in [-0.2, -0.15) is 10.1 Å². The first kappa shape index (κ1) is 30.3. The minimum atomic E-state index is -4.37. The molecule has 0 amide bonds. The van der Waals surface area contributed by atoms with Crippen LogP contribution in [0.3, 0.4) is 0 Å². The molecule has 2 aromatic carbocycles. The Hall–Kier alpha value is -3.64. The highest BCUT2D eigenvalue weighted by atomic mass is 32.2. The number of halogens is 2. The molecule has 0 unspecified atom stereocenters. The van der Waals surface area contributed by atoms with E-state index in [1.54, 1.807) is 0 Å². The number of likely N-dealkylation sites (tertiary alicyclic amines) is 1. The van der Waals surface area contributed by atoms with Crippen molar-refractivity contribution in [3.63, 3.8) is 0 Å². The molecule has 0 bridgehead atoms. The molecule has 0 aliphatic carbocycles. The fourth-order valence-corrected chi connectivity index (χ4v) is 5.84. The highest BCUT2D eigenvalue weighted by molar-refractivity contribution is 7.92. The number of benzene rings is 2. The smallest absolute Gasteiger partial charge is 0.264 e. The minimum Gasteiger partial charge on any atom is -0.474 e. The van der Waals surface area contributed by atoms with Gasteiger partial charge < -0.3 is 9.64 Å². The van der Waals surface area contributed by atoms with Crippen molar-refractivity contribution in [2.45, 2.75) is 64.4 Å². The Morgan fingerprint density at radius 2 is 1.83 bits per heavy atom. The summed E-state index contributed by atoms with van der Waals surface area (Å²) in [5.74, 6) is -1.22. The first-order valence-electron chi connectivity index (χ1n) is 13.8. The predicted octanol–water partition coefficient (Wildman–Crippen LogP) is 6.35. The van der Waals surface area contributed by atoms with Crippen molar-refractivity contribution in [3.05, 3.63) is 59.3 Å². The summed E-state index contributed by atoms with van der Waals surface area (Å²) in [5.41, 5.74) is 1.80. The number of sulfonamides is 1. The molecule has 12 heteroatoms. The van der Waals surface area contributed by atoms with Gasteiger partial charge in [0.25, 0.3) is 10.0 Å². The third-order valence-electron chi connectivity index (χ3n) is 6.80. The van der Waals surface area contributed by atoms with Crippen LogP contribution in [0, 0.1) is 18.6 Å². The number of hydrogen-bond acceptors (Lipinski definition) is 7. The van der Waals surface area contributed by atoms with Gasteiger partial charge in [0.2, 0.25) is 5.88 Å². The van der Waals surface area contributed by atoms with Crippen molar-refractivity contribution in [1.29, 1.82) is 0 Å². The topological polar surface area (TPSA) is 113 Å². The van der Waals surface area contributed by atoms with E-state index in [0.29, 0.717) is 34.5 Å². The SMILES string of the molecule is CC.CCCc1ccc(F)c(S(=O)(=O)Nc2ccc(-c3nc(OC4CCN(C)CC4)c4c(C)[nH]nc4n3)cc2F)c1.[HH].[HH]. The molecule has 2 N–H and O–H groups in total. The Bertz CT molecular complexity index is 1630. The van der Waals surface area contributed by atoms with Crippen molar-refractivity contribution < 1.29 is 24.8 Å². The second kappa shape index (κ2) is 12.9. The number of nitrogens with one attached hydrogen (secondary N) is 2. The van der Waals surface area contributed by atoms with Crippen LogP contribution < -0.4 is 9.46 Å². The highest BCUT2D eigenvalue weighted by Gasteiger charge is 2.24. The van der Waals surface area contributed by atoms with E-state index in [1.807, 2.05) is 27.7 Å².